The quantitative estimate of drug-likeness (QED) is 0.827. The Bertz CT molecular complexity index is 940. The number of halogens is 4. The van der Waals surface area contributed by atoms with E-state index in [0.717, 1.165) is 0 Å². The zero-order valence-electron chi connectivity index (χ0n) is 14.0. The van der Waals surface area contributed by atoms with Gasteiger partial charge in [0.1, 0.15) is 5.69 Å². The summed E-state index contributed by atoms with van der Waals surface area (Å²) in [5.74, 6) is -0.419. The van der Waals surface area contributed by atoms with Gasteiger partial charge in [-0.05, 0) is 18.2 Å². The number of anilines is 1. The number of carbonyl (C=O) groups is 1. The van der Waals surface area contributed by atoms with Crippen LogP contribution in [-0.4, -0.2) is 15.5 Å². The maximum absolute atomic E-state index is 12.7. The minimum atomic E-state index is -4.88. The van der Waals surface area contributed by atoms with E-state index < -0.39 is 34.4 Å². The fraction of sp³-hybridized carbons (Fsp3) is 0.312. The number of aromatic nitrogens is 2. The molecule has 10 heteroatoms. The molecule has 26 heavy (non-hydrogen) atoms. The summed E-state index contributed by atoms with van der Waals surface area (Å²) in [6.45, 7) is 4.94. The summed E-state index contributed by atoms with van der Waals surface area (Å²) < 4.78 is 38.7. The lowest BCUT2D eigenvalue weighted by Crippen LogP contribution is -2.37. The molecular weight excluding hydrogens is 375 g/mol. The molecule has 1 heterocycles. The van der Waals surface area contributed by atoms with Gasteiger partial charge < -0.3 is 10.3 Å². The van der Waals surface area contributed by atoms with Gasteiger partial charge in [0.05, 0.1) is 11.4 Å². The highest BCUT2D eigenvalue weighted by atomic mass is 35.5. The van der Waals surface area contributed by atoms with Crippen LogP contribution in [0.2, 0.25) is 5.02 Å². The highest BCUT2D eigenvalue weighted by Gasteiger charge is 2.33. The monoisotopic (exact) mass is 389 g/mol. The molecule has 0 bridgehead atoms. The molecule has 0 fully saturated rings. The van der Waals surface area contributed by atoms with Gasteiger partial charge in [0.2, 0.25) is 5.91 Å². The molecule has 2 rings (SSSR count). The van der Waals surface area contributed by atoms with E-state index >= 15 is 0 Å². The third kappa shape index (κ3) is 4.16. The van der Waals surface area contributed by atoms with E-state index in [9.17, 15) is 27.6 Å². The maximum atomic E-state index is 12.7. The molecule has 0 atom stereocenters. The van der Waals surface area contributed by atoms with Crippen LogP contribution in [0.5, 0.6) is 0 Å². The van der Waals surface area contributed by atoms with Crippen molar-refractivity contribution in [3.63, 3.8) is 0 Å². The second-order valence-corrected chi connectivity index (χ2v) is 6.96. The van der Waals surface area contributed by atoms with E-state index in [2.05, 4.69) is 5.32 Å². The molecule has 1 amide bonds. The highest BCUT2D eigenvalue weighted by molar-refractivity contribution is 6.31. The Morgan fingerprint density at radius 3 is 2.27 bits per heavy atom. The van der Waals surface area contributed by atoms with E-state index in [0.29, 0.717) is 4.57 Å². The first-order valence-electron chi connectivity index (χ1n) is 7.35. The molecule has 0 radical (unpaired) electrons. The predicted octanol–water partition coefficient (Wildman–Crippen LogP) is 3.18. The lowest BCUT2D eigenvalue weighted by atomic mass is 9.95. The molecule has 1 aromatic carbocycles. The largest absolute Gasteiger partial charge is 0.431 e. The van der Waals surface area contributed by atoms with Crippen LogP contribution in [-0.2, 0) is 11.0 Å². The van der Waals surface area contributed by atoms with Crippen LogP contribution >= 0.6 is 11.6 Å². The van der Waals surface area contributed by atoms with Crippen LogP contribution in [0, 0.1) is 5.41 Å². The summed E-state index contributed by atoms with van der Waals surface area (Å²) in [6, 6.07) is 4.22. The number of nitrogens with zero attached hydrogens (tertiary/aromatic N) is 1. The zero-order valence-corrected chi connectivity index (χ0v) is 14.7. The van der Waals surface area contributed by atoms with Crippen LogP contribution in [0.15, 0.2) is 33.9 Å². The van der Waals surface area contributed by atoms with Crippen molar-refractivity contribution in [1.29, 1.82) is 0 Å². The zero-order chi connectivity index (χ0) is 19.9. The molecule has 0 unspecified atom stereocenters. The van der Waals surface area contributed by atoms with Crippen LogP contribution < -0.4 is 16.6 Å². The third-order valence-corrected chi connectivity index (χ3v) is 3.60. The topological polar surface area (TPSA) is 84.0 Å². The first-order chi connectivity index (χ1) is 11.8. The number of aromatic amines is 1. The first kappa shape index (κ1) is 19.8. The van der Waals surface area contributed by atoms with Crippen molar-refractivity contribution in [2.24, 2.45) is 5.41 Å². The van der Waals surface area contributed by atoms with Crippen LogP contribution in [0.1, 0.15) is 26.5 Å². The number of hydrogen-bond acceptors (Lipinski definition) is 3. The number of carbonyl (C=O) groups excluding carboxylic acids is 1. The molecule has 0 aliphatic carbocycles. The Morgan fingerprint density at radius 2 is 1.77 bits per heavy atom. The summed E-state index contributed by atoms with van der Waals surface area (Å²) in [7, 11) is 0. The summed E-state index contributed by atoms with van der Waals surface area (Å²) >= 11 is 5.88. The average Bonchev–Trinajstić information content (AvgIpc) is 2.47. The Kier molecular flexibility index (Phi) is 5.05. The van der Waals surface area contributed by atoms with E-state index in [1.165, 1.54) is 18.2 Å². The Hall–Kier alpha value is -2.55. The fourth-order valence-electron chi connectivity index (χ4n) is 1.98. The molecule has 0 aliphatic rings. The minimum absolute atomic E-state index is 0.0571. The van der Waals surface area contributed by atoms with Gasteiger partial charge in [0, 0.05) is 16.5 Å². The smallest absolute Gasteiger partial charge is 0.324 e. The summed E-state index contributed by atoms with van der Waals surface area (Å²) in [6.07, 6.45) is -4.88. The molecule has 2 aromatic rings. The summed E-state index contributed by atoms with van der Waals surface area (Å²) in [5.41, 5.74) is -4.86. The van der Waals surface area contributed by atoms with Gasteiger partial charge in [0.25, 0.3) is 5.56 Å². The van der Waals surface area contributed by atoms with Gasteiger partial charge in [-0.1, -0.05) is 32.4 Å². The van der Waals surface area contributed by atoms with Crippen molar-refractivity contribution in [2.45, 2.75) is 26.9 Å². The van der Waals surface area contributed by atoms with Gasteiger partial charge in [0.15, 0.2) is 0 Å². The fourth-order valence-corrected chi connectivity index (χ4v) is 2.15. The molecule has 0 saturated carbocycles. The Labute approximate surface area is 150 Å². The van der Waals surface area contributed by atoms with Gasteiger partial charge >= 0.3 is 11.9 Å². The number of benzene rings is 1. The van der Waals surface area contributed by atoms with E-state index in [4.69, 9.17) is 11.6 Å². The highest BCUT2D eigenvalue weighted by Crippen LogP contribution is 2.27. The third-order valence-electron chi connectivity index (χ3n) is 3.37. The van der Waals surface area contributed by atoms with Gasteiger partial charge in [-0.25, -0.2) is 9.36 Å². The van der Waals surface area contributed by atoms with Gasteiger partial charge in [-0.2, -0.15) is 13.2 Å². The summed E-state index contributed by atoms with van der Waals surface area (Å²) in [5, 5.41) is 2.67. The minimum Gasteiger partial charge on any atom is -0.324 e. The van der Waals surface area contributed by atoms with E-state index in [1.54, 1.807) is 25.8 Å². The lowest BCUT2D eigenvalue weighted by molar-refractivity contribution is -0.141. The van der Waals surface area contributed by atoms with Gasteiger partial charge in [-0.15, -0.1) is 0 Å². The SMILES string of the molecule is CC(C)(C)C(=O)Nc1ccc(Cl)cc1-n1c(=O)cc(C(F)(F)F)[nH]c1=O. The first-order valence-corrected chi connectivity index (χ1v) is 7.73. The van der Waals surface area contributed by atoms with Crippen LogP contribution in [0.3, 0.4) is 0 Å². The number of amides is 1. The molecular formula is C16H15ClF3N3O3. The molecule has 1 aromatic heterocycles. The van der Waals surface area contributed by atoms with Crippen molar-refractivity contribution in [1.82, 2.24) is 9.55 Å². The number of hydrogen-bond donors (Lipinski definition) is 2. The molecule has 2 N–H and O–H groups in total. The van der Waals surface area contributed by atoms with Crippen molar-refractivity contribution in [2.75, 3.05) is 5.32 Å². The van der Waals surface area contributed by atoms with E-state index in [1.807, 2.05) is 0 Å². The van der Waals surface area contributed by atoms with Crippen molar-refractivity contribution >= 4 is 23.2 Å². The molecule has 0 aliphatic heterocycles. The molecule has 0 spiro atoms. The Morgan fingerprint density at radius 1 is 1.15 bits per heavy atom. The number of H-pyrrole nitrogens is 1. The number of rotatable bonds is 2. The van der Waals surface area contributed by atoms with E-state index in [-0.39, 0.29) is 22.5 Å². The maximum Gasteiger partial charge on any atom is 0.431 e. The van der Waals surface area contributed by atoms with Crippen molar-refractivity contribution < 1.29 is 18.0 Å². The lowest BCUT2D eigenvalue weighted by Gasteiger charge is -2.20. The standard InChI is InChI=1S/C16H15ClF3N3O3/c1-15(2,3)13(25)21-9-5-4-8(17)6-10(9)23-12(24)7-11(16(18,19)20)22-14(23)26/h4-7H,1-3H3,(H,21,25)(H,22,26). The van der Waals surface area contributed by atoms with Crippen LogP contribution in [0.4, 0.5) is 18.9 Å². The van der Waals surface area contributed by atoms with Crippen molar-refractivity contribution in [3.05, 3.63) is 55.8 Å². The predicted molar refractivity (Wildman–Crippen MR) is 90.8 cm³/mol. The second kappa shape index (κ2) is 6.64. The molecule has 140 valence electrons. The molecule has 0 saturated heterocycles. The van der Waals surface area contributed by atoms with Gasteiger partial charge in [-0.3, -0.25) is 9.59 Å². The second-order valence-electron chi connectivity index (χ2n) is 6.53. The summed E-state index contributed by atoms with van der Waals surface area (Å²) in [4.78, 5) is 38.1. The van der Waals surface area contributed by atoms with Crippen molar-refractivity contribution in [3.8, 4) is 5.69 Å². The Balaban J connectivity index is 2.66. The molecule has 6 nitrogen and oxygen atoms in total. The number of alkyl halides is 3. The average molecular weight is 390 g/mol. The van der Waals surface area contributed by atoms with Crippen LogP contribution in [0.25, 0.3) is 5.69 Å². The number of nitrogens with one attached hydrogen (secondary N) is 2. The normalized spacial score (nSPS) is 12.1.